The van der Waals surface area contributed by atoms with E-state index in [2.05, 4.69) is 18.1 Å². The Morgan fingerprint density at radius 2 is 2.27 bits per heavy atom. The minimum absolute atomic E-state index is 0.171. The molecule has 1 rings (SSSR count). The quantitative estimate of drug-likeness (QED) is 0.581. The van der Waals surface area contributed by atoms with Crippen LogP contribution in [-0.2, 0) is 7.05 Å². The molecule has 0 aliphatic heterocycles. The van der Waals surface area contributed by atoms with Crippen molar-refractivity contribution in [3.05, 3.63) is 58.8 Å². The number of hydrogen-bond acceptors (Lipinski definition) is 2. The fourth-order valence-corrected chi connectivity index (χ4v) is 1.35. The van der Waals surface area contributed by atoms with Crippen molar-refractivity contribution in [1.29, 1.82) is 0 Å². The van der Waals surface area contributed by atoms with Crippen LogP contribution in [-0.4, -0.2) is 9.55 Å². The molecule has 4 heteroatoms. The van der Waals surface area contributed by atoms with Gasteiger partial charge in [0.2, 0.25) is 0 Å². The van der Waals surface area contributed by atoms with E-state index in [0.717, 1.165) is 5.57 Å². The Morgan fingerprint density at radius 1 is 1.60 bits per heavy atom. The summed E-state index contributed by atoms with van der Waals surface area (Å²) in [6, 6.07) is 1.61. The van der Waals surface area contributed by atoms with E-state index in [4.69, 9.17) is 11.6 Å². The molecule has 1 aromatic rings. The van der Waals surface area contributed by atoms with Crippen molar-refractivity contribution in [3.8, 4) is 0 Å². The van der Waals surface area contributed by atoms with Gasteiger partial charge in [-0.2, -0.15) is 4.98 Å². The molecule has 0 fully saturated rings. The molecule has 1 heterocycles. The van der Waals surface area contributed by atoms with E-state index >= 15 is 0 Å². The first kappa shape index (κ1) is 11.5. The Morgan fingerprint density at radius 3 is 2.80 bits per heavy atom. The lowest BCUT2D eigenvalue weighted by Crippen LogP contribution is -2.22. The van der Waals surface area contributed by atoms with E-state index in [1.807, 2.05) is 0 Å². The summed E-state index contributed by atoms with van der Waals surface area (Å²) in [6.07, 6.45) is 5.00. The second kappa shape index (κ2) is 4.75. The highest BCUT2D eigenvalue weighted by atomic mass is 35.5. The van der Waals surface area contributed by atoms with Gasteiger partial charge in [-0.05, 0) is 5.57 Å². The van der Waals surface area contributed by atoms with Gasteiger partial charge >= 0.3 is 5.69 Å². The van der Waals surface area contributed by atoms with Crippen LogP contribution in [0.4, 0.5) is 0 Å². The first-order valence-electron chi connectivity index (χ1n) is 4.29. The van der Waals surface area contributed by atoms with Gasteiger partial charge in [0, 0.05) is 13.1 Å². The Bertz CT molecular complexity index is 486. The first-order valence-corrected chi connectivity index (χ1v) is 4.67. The van der Waals surface area contributed by atoms with Crippen molar-refractivity contribution in [2.45, 2.75) is 0 Å². The molecule has 1 aromatic heterocycles. The summed E-state index contributed by atoms with van der Waals surface area (Å²) in [5, 5.41) is 0.171. The topological polar surface area (TPSA) is 34.9 Å². The van der Waals surface area contributed by atoms with Gasteiger partial charge in [0.25, 0.3) is 0 Å². The predicted molar refractivity (Wildman–Crippen MR) is 62.9 cm³/mol. The lowest BCUT2D eigenvalue weighted by molar-refractivity contribution is 0.797. The second-order valence-electron chi connectivity index (χ2n) is 2.87. The minimum Gasteiger partial charge on any atom is -0.295 e. The van der Waals surface area contributed by atoms with Crippen LogP contribution in [0, 0.1) is 0 Å². The van der Waals surface area contributed by atoms with Crippen molar-refractivity contribution in [2.24, 2.45) is 7.05 Å². The van der Waals surface area contributed by atoms with Gasteiger partial charge in [0.15, 0.2) is 0 Å². The molecule has 0 radical (unpaired) electrons. The monoisotopic (exact) mass is 222 g/mol. The second-order valence-corrected chi connectivity index (χ2v) is 3.25. The van der Waals surface area contributed by atoms with Crippen molar-refractivity contribution < 1.29 is 0 Å². The fourth-order valence-electron chi connectivity index (χ4n) is 1.17. The maximum Gasteiger partial charge on any atom is 0.349 e. The van der Waals surface area contributed by atoms with Crippen LogP contribution in [0.1, 0.15) is 5.69 Å². The lowest BCUT2D eigenvalue weighted by Gasteiger charge is -2.07. The average Bonchev–Trinajstić information content (AvgIpc) is 2.20. The Balaban J connectivity index is 3.48. The molecule has 0 aromatic carbocycles. The van der Waals surface area contributed by atoms with Crippen LogP contribution in [0.5, 0.6) is 0 Å². The van der Waals surface area contributed by atoms with E-state index in [1.54, 1.807) is 31.3 Å². The highest BCUT2D eigenvalue weighted by Crippen LogP contribution is 2.15. The number of rotatable bonds is 3. The van der Waals surface area contributed by atoms with Gasteiger partial charge in [-0.25, -0.2) is 4.79 Å². The molecule has 15 heavy (non-hydrogen) atoms. The summed E-state index contributed by atoms with van der Waals surface area (Å²) in [7, 11) is 1.63. The summed E-state index contributed by atoms with van der Waals surface area (Å²) < 4.78 is 1.41. The van der Waals surface area contributed by atoms with Gasteiger partial charge in [-0.3, -0.25) is 4.57 Å². The third-order valence-corrected chi connectivity index (χ3v) is 2.11. The SMILES string of the molecule is C=C/C=C(\C=C)c1cc(Cl)nc(=O)n1C. The summed E-state index contributed by atoms with van der Waals surface area (Å²) >= 11 is 5.71. The van der Waals surface area contributed by atoms with E-state index in [-0.39, 0.29) is 5.15 Å². The van der Waals surface area contributed by atoms with Crippen molar-refractivity contribution in [3.63, 3.8) is 0 Å². The minimum atomic E-state index is -0.394. The molecule has 0 saturated heterocycles. The molecule has 0 amide bonds. The van der Waals surface area contributed by atoms with Crippen LogP contribution in [0.3, 0.4) is 0 Å². The zero-order valence-electron chi connectivity index (χ0n) is 8.40. The van der Waals surface area contributed by atoms with Crippen molar-refractivity contribution in [2.75, 3.05) is 0 Å². The van der Waals surface area contributed by atoms with Gasteiger partial charge < -0.3 is 0 Å². The van der Waals surface area contributed by atoms with Crippen molar-refractivity contribution in [1.82, 2.24) is 9.55 Å². The van der Waals surface area contributed by atoms with E-state index in [0.29, 0.717) is 5.69 Å². The largest absolute Gasteiger partial charge is 0.349 e. The molecular weight excluding hydrogens is 212 g/mol. The number of halogens is 1. The van der Waals surface area contributed by atoms with Crippen LogP contribution in [0.15, 0.2) is 42.2 Å². The molecule has 0 aliphatic rings. The maximum atomic E-state index is 11.4. The smallest absolute Gasteiger partial charge is 0.295 e. The molecule has 0 N–H and O–H groups in total. The zero-order chi connectivity index (χ0) is 11.4. The highest BCUT2D eigenvalue weighted by Gasteiger charge is 2.05. The molecule has 0 atom stereocenters. The molecule has 0 saturated carbocycles. The number of nitrogens with zero attached hydrogens (tertiary/aromatic N) is 2. The van der Waals surface area contributed by atoms with Crippen LogP contribution >= 0.6 is 11.6 Å². The third kappa shape index (κ3) is 2.44. The molecule has 0 unspecified atom stereocenters. The summed E-state index contributed by atoms with van der Waals surface area (Å²) in [5.41, 5.74) is 1.04. The fraction of sp³-hybridized carbons (Fsp3) is 0.0909. The van der Waals surface area contributed by atoms with Crippen molar-refractivity contribution >= 4 is 17.2 Å². The van der Waals surface area contributed by atoms with Gasteiger partial charge in [0.1, 0.15) is 5.15 Å². The third-order valence-electron chi connectivity index (χ3n) is 1.92. The number of aromatic nitrogens is 2. The normalized spacial score (nSPS) is 11.2. The highest BCUT2D eigenvalue weighted by molar-refractivity contribution is 6.29. The Hall–Kier alpha value is -1.61. The van der Waals surface area contributed by atoms with Crippen LogP contribution in [0.25, 0.3) is 5.57 Å². The van der Waals surface area contributed by atoms with Crippen LogP contribution in [0.2, 0.25) is 5.15 Å². The summed E-state index contributed by atoms with van der Waals surface area (Å²) in [5.74, 6) is 0. The van der Waals surface area contributed by atoms with Gasteiger partial charge in [-0.1, -0.05) is 43.0 Å². The number of allylic oxidation sites excluding steroid dienone is 4. The average molecular weight is 223 g/mol. The van der Waals surface area contributed by atoms with Gasteiger partial charge in [-0.15, -0.1) is 0 Å². The summed E-state index contributed by atoms with van der Waals surface area (Å²) in [4.78, 5) is 15.0. The van der Waals surface area contributed by atoms with Gasteiger partial charge in [0.05, 0.1) is 5.69 Å². The van der Waals surface area contributed by atoms with E-state index in [9.17, 15) is 4.79 Å². The molecule has 0 bridgehead atoms. The standard InChI is InChI=1S/C11H11ClN2O/c1-4-6-8(5-2)9-7-10(12)13-11(15)14(9)3/h4-7H,1-2H2,3H3/b8-6+. The number of hydrogen-bond donors (Lipinski definition) is 0. The molecule has 0 spiro atoms. The van der Waals surface area contributed by atoms with E-state index < -0.39 is 5.69 Å². The zero-order valence-corrected chi connectivity index (χ0v) is 9.16. The Kier molecular flexibility index (Phi) is 3.63. The first-order chi connectivity index (χ1) is 7.10. The molecule has 0 aliphatic carbocycles. The molecule has 78 valence electrons. The molecular formula is C11H11ClN2O. The Labute approximate surface area is 93.0 Å². The van der Waals surface area contributed by atoms with E-state index in [1.165, 1.54) is 4.57 Å². The molecule has 3 nitrogen and oxygen atoms in total. The summed E-state index contributed by atoms with van der Waals surface area (Å²) in [6.45, 7) is 7.25. The van der Waals surface area contributed by atoms with Crippen LogP contribution < -0.4 is 5.69 Å². The lowest BCUT2D eigenvalue weighted by atomic mass is 10.1. The predicted octanol–water partition coefficient (Wildman–Crippen LogP) is 2.19. The maximum absolute atomic E-state index is 11.4.